The predicted octanol–water partition coefficient (Wildman–Crippen LogP) is 4.35. The van der Waals surface area contributed by atoms with Crippen molar-refractivity contribution in [1.82, 2.24) is 4.57 Å². The summed E-state index contributed by atoms with van der Waals surface area (Å²) in [5, 5.41) is 0. The van der Waals surface area contributed by atoms with Gasteiger partial charge in [-0.15, -0.1) is 0 Å². The summed E-state index contributed by atoms with van der Waals surface area (Å²) in [4.78, 5) is 24.9. The number of Topliss-reactive ketones (excluding diaryl/α,β-unsaturated/α-hetero) is 1. The summed E-state index contributed by atoms with van der Waals surface area (Å²) in [6, 6.07) is 14.3. The number of esters is 1. The van der Waals surface area contributed by atoms with Crippen LogP contribution in [-0.2, 0) is 22.6 Å². The van der Waals surface area contributed by atoms with Gasteiger partial charge in [-0.1, -0.05) is 18.2 Å². The maximum absolute atomic E-state index is 12.6. The monoisotopic (exact) mass is 425 g/mol. The molecule has 3 aromatic rings. The summed E-state index contributed by atoms with van der Waals surface area (Å²) in [6.45, 7) is 5.09. The van der Waals surface area contributed by atoms with Crippen LogP contribution < -0.4 is 4.74 Å². The van der Waals surface area contributed by atoms with Crippen molar-refractivity contribution < 1.29 is 28.2 Å². The Morgan fingerprint density at radius 3 is 2.58 bits per heavy atom. The van der Waals surface area contributed by atoms with E-state index in [1.165, 1.54) is 6.07 Å². The standard InChI is InChI=1S/C24H27NO6/c1-17-14-21(18(2)25(17)12-7-13-28-3)22(26)16-30-24(27)23-11-10-20(31-23)15-29-19-8-5-4-6-9-19/h4-6,8-11,14H,7,12-13,15-16H2,1-3H3. The normalized spacial score (nSPS) is 10.8. The summed E-state index contributed by atoms with van der Waals surface area (Å²) < 4.78 is 23.4. The van der Waals surface area contributed by atoms with Crippen LogP contribution in [0.4, 0.5) is 0 Å². The number of aryl methyl sites for hydroxylation is 1. The first kappa shape index (κ1) is 22.4. The Kier molecular flexibility index (Phi) is 7.67. The van der Waals surface area contributed by atoms with Crippen molar-refractivity contribution in [2.75, 3.05) is 20.3 Å². The highest BCUT2D eigenvalue weighted by Gasteiger charge is 2.19. The fraction of sp³-hybridized carbons (Fsp3) is 0.333. The van der Waals surface area contributed by atoms with Crippen LogP contribution in [0.25, 0.3) is 0 Å². The van der Waals surface area contributed by atoms with Crippen LogP contribution in [0, 0.1) is 13.8 Å². The second-order valence-electron chi connectivity index (χ2n) is 7.15. The van der Waals surface area contributed by atoms with Crippen molar-refractivity contribution >= 4 is 11.8 Å². The molecule has 0 radical (unpaired) electrons. The number of carbonyl (C=O) groups excluding carboxylic acids is 2. The Balaban J connectivity index is 1.53. The maximum atomic E-state index is 12.6. The molecule has 0 bridgehead atoms. The molecule has 0 N–H and O–H groups in total. The molecular formula is C24H27NO6. The minimum absolute atomic E-state index is 0.0319. The van der Waals surface area contributed by atoms with Gasteiger partial charge in [0.1, 0.15) is 18.1 Å². The molecule has 0 aliphatic rings. The first-order chi connectivity index (χ1) is 15.0. The van der Waals surface area contributed by atoms with Crippen LogP contribution in [0.3, 0.4) is 0 Å². The van der Waals surface area contributed by atoms with Gasteiger partial charge in [-0.05, 0) is 50.6 Å². The molecule has 2 heterocycles. The van der Waals surface area contributed by atoms with Gasteiger partial charge < -0.3 is 23.2 Å². The number of furan rings is 1. The van der Waals surface area contributed by atoms with Gasteiger partial charge in [0, 0.05) is 37.2 Å². The lowest BCUT2D eigenvalue weighted by Crippen LogP contribution is -2.15. The SMILES string of the molecule is COCCCn1c(C)cc(C(=O)COC(=O)c2ccc(COc3ccccc3)o2)c1C. The zero-order chi connectivity index (χ0) is 22.2. The van der Waals surface area contributed by atoms with E-state index in [1.54, 1.807) is 13.2 Å². The van der Waals surface area contributed by atoms with Crippen LogP contribution in [0.5, 0.6) is 5.75 Å². The lowest BCUT2D eigenvalue weighted by Gasteiger charge is -2.09. The third-order valence-corrected chi connectivity index (χ3v) is 4.93. The summed E-state index contributed by atoms with van der Waals surface area (Å²) in [6.07, 6.45) is 0.851. The third kappa shape index (κ3) is 5.86. The van der Waals surface area contributed by atoms with Crippen LogP contribution in [0.1, 0.15) is 44.5 Å². The first-order valence-electron chi connectivity index (χ1n) is 10.1. The Hall–Kier alpha value is -3.32. The Morgan fingerprint density at radius 2 is 1.84 bits per heavy atom. The molecule has 31 heavy (non-hydrogen) atoms. The lowest BCUT2D eigenvalue weighted by atomic mass is 10.1. The van der Waals surface area contributed by atoms with Crippen LogP contribution in [0.15, 0.2) is 52.9 Å². The van der Waals surface area contributed by atoms with Gasteiger partial charge in [-0.25, -0.2) is 4.79 Å². The molecule has 0 saturated carbocycles. The molecule has 2 aromatic heterocycles. The number of methoxy groups -OCH3 is 1. The summed E-state index contributed by atoms with van der Waals surface area (Å²) >= 11 is 0. The largest absolute Gasteiger partial charge is 0.486 e. The van der Waals surface area contributed by atoms with Gasteiger partial charge >= 0.3 is 5.97 Å². The maximum Gasteiger partial charge on any atom is 0.374 e. The van der Waals surface area contributed by atoms with Crippen LogP contribution >= 0.6 is 0 Å². The number of hydrogen-bond donors (Lipinski definition) is 0. The van der Waals surface area contributed by atoms with Crippen LogP contribution in [0.2, 0.25) is 0 Å². The minimum atomic E-state index is -0.687. The topological polar surface area (TPSA) is 79.9 Å². The molecular weight excluding hydrogens is 398 g/mol. The number of para-hydroxylation sites is 1. The van der Waals surface area contributed by atoms with E-state index in [1.807, 2.05) is 50.2 Å². The molecule has 164 valence electrons. The molecule has 0 atom stereocenters. The number of ether oxygens (including phenoxy) is 3. The summed E-state index contributed by atoms with van der Waals surface area (Å²) in [5.41, 5.74) is 2.39. The second kappa shape index (κ2) is 10.6. The molecule has 0 amide bonds. The van der Waals surface area contributed by atoms with E-state index in [4.69, 9.17) is 18.6 Å². The smallest absolute Gasteiger partial charge is 0.374 e. The Morgan fingerprint density at radius 1 is 1.06 bits per heavy atom. The zero-order valence-electron chi connectivity index (χ0n) is 18.1. The van der Waals surface area contributed by atoms with E-state index in [0.29, 0.717) is 23.7 Å². The van der Waals surface area contributed by atoms with Gasteiger partial charge in [0.15, 0.2) is 6.61 Å². The predicted molar refractivity (Wildman–Crippen MR) is 114 cm³/mol. The van der Waals surface area contributed by atoms with Crippen molar-refractivity contribution in [3.05, 3.63) is 77.0 Å². The van der Waals surface area contributed by atoms with Gasteiger partial charge in [0.2, 0.25) is 11.5 Å². The van der Waals surface area contributed by atoms with Gasteiger partial charge in [-0.2, -0.15) is 0 Å². The van der Waals surface area contributed by atoms with E-state index in [-0.39, 0.29) is 24.8 Å². The number of benzene rings is 1. The Bertz CT molecular complexity index is 1020. The molecule has 7 heteroatoms. The molecule has 0 unspecified atom stereocenters. The Labute approximate surface area is 181 Å². The third-order valence-electron chi connectivity index (χ3n) is 4.93. The van der Waals surface area contributed by atoms with Crippen LogP contribution in [-0.4, -0.2) is 36.6 Å². The van der Waals surface area contributed by atoms with Gasteiger partial charge in [-0.3, -0.25) is 4.79 Å². The highest BCUT2D eigenvalue weighted by Crippen LogP contribution is 2.18. The molecule has 0 fully saturated rings. The first-order valence-corrected chi connectivity index (χ1v) is 10.1. The number of nitrogens with zero attached hydrogens (tertiary/aromatic N) is 1. The summed E-state index contributed by atoms with van der Waals surface area (Å²) in [5.74, 6) is 0.284. The van der Waals surface area contributed by atoms with E-state index < -0.39 is 5.97 Å². The highest BCUT2D eigenvalue weighted by molar-refractivity contribution is 6.00. The van der Waals surface area contributed by atoms with Crippen molar-refractivity contribution in [3.8, 4) is 5.75 Å². The second-order valence-corrected chi connectivity index (χ2v) is 7.15. The quantitative estimate of drug-likeness (QED) is 0.258. The number of carbonyl (C=O) groups is 2. The lowest BCUT2D eigenvalue weighted by molar-refractivity contribution is 0.0440. The van der Waals surface area contributed by atoms with E-state index >= 15 is 0 Å². The fourth-order valence-corrected chi connectivity index (χ4v) is 3.31. The van der Waals surface area contributed by atoms with Gasteiger partial charge in [0.25, 0.3) is 0 Å². The molecule has 0 spiro atoms. The van der Waals surface area contributed by atoms with Gasteiger partial charge in [0.05, 0.1) is 0 Å². The number of aromatic nitrogens is 1. The molecule has 1 aromatic carbocycles. The minimum Gasteiger partial charge on any atom is -0.486 e. The number of hydrogen-bond acceptors (Lipinski definition) is 6. The van der Waals surface area contributed by atoms with Crippen molar-refractivity contribution in [1.29, 1.82) is 0 Å². The molecule has 0 aliphatic carbocycles. The zero-order valence-corrected chi connectivity index (χ0v) is 18.1. The molecule has 0 saturated heterocycles. The molecule has 0 aliphatic heterocycles. The number of ketones is 1. The fourth-order valence-electron chi connectivity index (χ4n) is 3.31. The van der Waals surface area contributed by atoms with Crippen molar-refractivity contribution in [2.24, 2.45) is 0 Å². The van der Waals surface area contributed by atoms with E-state index in [9.17, 15) is 9.59 Å². The molecule has 3 rings (SSSR count). The summed E-state index contributed by atoms with van der Waals surface area (Å²) in [7, 11) is 1.66. The average Bonchev–Trinajstić information content (AvgIpc) is 3.36. The van der Waals surface area contributed by atoms with Crippen molar-refractivity contribution in [2.45, 2.75) is 33.4 Å². The van der Waals surface area contributed by atoms with E-state index in [2.05, 4.69) is 4.57 Å². The van der Waals surface area contributed by atoms with Crippen molar-refractivity contribution in [3.63, 3.8) is 0 Å². The average molecular weight is 425 g/mol. The molecule has 7 nitrogen and oxygen atoms in total. The highest BCUT2D eigenvalue weighted by atomic mass is 16.5. The number of rotatable bonds is 11. The van der Waals surface area contributed by atoms with E-state index in [0.717, 1.165) is 24.4 Å².